The van der Waals surface area contributed by atoms with Crippen LogP contribution in [0, 0.1) is 13.8 Å². The number of hydrogen-bond acceptors (Lipinski definition) is 4. The van der Waals surface area contributed by atoms with E-state index in [1.54, 1.807) is 16.0 Å². The van der Waals surface area contributed by atoms with E-state index in [4.69, 9.17) is 5.73 Å². The van der Waals surface area contributed by atoms with Crippen molar-refractivity contribution < 1.29 is 4.79 Å². The smallest absolute Gasteiger partial charge is 0.244 e. The summed E-state index contributed by atoms with van der Waals surface area (Å²) in [5.74, 6) is 0.0487. The van der Waals surface area contributed by atoms with E-state index in [-0.39, 0.29) is 12.5 Å². The molecule has 0 bridgehead atoms. The number of aryl methyl sites for hydroxylation is 1. The number of nitrogen functional groups attached to an aromatic ring is 1. The van der Waals surface area contributed by atoms with Gasteiger partial charge in [-0.25, -0.2) is 0 Å². The zero-order chi connectivity index (χ0) is 15.6. The Bertz CT molecular complexity index is 649. The van der Waals surface area contributed by atoms with Crippen LogP contribution in [-0.4, -0.2) is 27.1 Å². The van der Waals surface area contributed by atoms with Crippen molar-refractivity contribution in [1.82, 2.24) is 14.7 Å². The van der Waals surface area contributed by atoms with Crippen LogP contribution in [0.5, 0.6) is 0 Å². The molecule has 5 nitrogen and oxygen atoms in total. The lowest BCUT2D eigenvalue weighted by molar-refractivity contribution is -0.132. The maximum atomic E-state index is 12.4. The summed E-state index contributed by atoms with van der Waals surface area (Å²) in [5.41, 5.74) is 8.17. The lowest BCUT2D eigenvalue weighted by Crippen LogP contribution is -2.33. The minimum atomic E-state index is 0.0487. The second-order valence-corrected chi connectivity index (χ2v) is 7.40. The van der Waals surface area contributed by atoms with Gasteiger partial charge in [-0.1, -0.05) is 0 Å². The molecule has 7 heteroatoms. The Morgan fingerprint density at radius 3 is 2.67 bits per heavy atom. The van der Waals surface area contributed by atoms with Crippen LogP contribution >= 0.6 is 27.3 Å². The molecule has 0 aliphatic carbocycles. The number of hydrogen-bond donors (Lipinski definition) is 1. The minimum absolute atomic E-state index is 0.0487. The van der Waals surface area contributed by atoms with Crippen molar-refractivity contribution in [2.24, 2.45) is 0 Å². The van der Waals surface area contributed by atoms with Gasteiger partial charge in [0.2, 0.25) is 5.91 Å². The third kappa shape index (κ3) is 3.65. The number of amides is 1. The summed E-state index contributed by atoms with van der Waals surface area (Å²) in [7, 11) is 0. The zero-order valence-corrected chi connectivity index (χ0v) is 14.8. The largest absolute Gasteiger partial charge is 0.396 e. The lowest BCUT2D eigenvalue weighted by atomic mass is 10.3. The second kappa shape index (κ2) is 6.62. The van der Waals surface area contributed by atoms with Crippen molar-refractivity contribution in [3.63, 3.8) is 0 Å². The van der Waals surface area contributed by atoms with E-state index >= 15 is 0 Å². The number of aromatic nitrogens is 2. The number of carbonyl (C=O) groups excluding carboxylic acids is 1. The van der Waals surface area contributed by atoms with E-state index in [2.05, 4.69) is 21.0 Å². The SMILES string of the molecule is CCN(Cc1ccc(Br)s1)C(=O)Cn1nc(C)c(N)c1C. The molecule has 2 heterocycles. The fourth-order valence-electron chi connectivity index (χ4n) is 2.09. The van der Waals surface area contributed by atoms with Gasteiger partial charge in [-0.05, 0) is 48.8 Å². The van der Waals surface area contributed by atoms with Crippen molar-refractivity contribution in [2.75, 3.05) is 12.3 Å². The minimum Gasteiger partial charge on any atom is -0.396 e. The number of likely N-dealkylation sites (N-methyl/N-ethyl adjacent to an activating group) is 1. The molecule has 2 rings (SSSR count). The van der Waals surface area contributed by atoms with Crippen LogP contribution < -0.4 is 5.73 Å². The van der Waals surface area contributed by atoms with Crippen molar-refractivity contribution in [3.05, 3.63) is 32.2 Å². The summed E-state index contributed by atoms with van der Waals surface area (Å²) in [5, 5.41) is 4.32. The number of nitrogens with zero attached hydrogens (tertiary/aromatic N) is 3. The molecule has 21 heavy (non-hydrogen) atoms. The van der Waals surface area contributed by atoms with Crippen molar-refractivity contribution in [1.29, 1.82) is 0 Å². The van der Waals surface area contributed by atoms with Gasteiger partial charge in [0.1, 0.15) is 6.54 Å². The molecular weight excluding hydrogens is 352 g/mol. The van der Waals surface area contributed by atoms with Crippen molar-refractivity contribution >= 4 is 38.9 Å². The molecule has 0 saturated heterocycles. The highest BCUT2D eigenvalue weighted by molar-refractivity contribution is 9.11. The monoisotopic (exact) mass is 370 g/mol. The van der Waals surface area contributed by atoms with Gasteiger partial charge in [0.25, 0.3) is 0 Å². The van der Waals surface area contributed by atoms with E-state index in [0.717, 1.165) is 20.1 Å². The molecule has 1 amide bonds. The summed E-state index contributed by atoms with van der Waals surface area (Å²) >= 11 is 5.09. The number of anilines is 1. The molecule has 0 unspecified atom stereocenters. The van der Waals surface area contributed by atoms with Crippen LogP contribution in [0.15, 0.2) is 15.9 Å². The van der Waals surface area contributed by atoms with Crippen LogP contribution in [0.3, 0.4) is 0 Å². The molecule has 0 aliphatic rings. The zero-order valence-electron chi connectivity index (χ0n) is 12.4. The molecule has 0 fully saturated rings. The van der Waals surface area contributed by atoms with Crippen molar-refractivity contribution in [2.45, 2.75) is 33.9 Å². The first-order valence-electron chi connectivity index (χ1n) is 6.73. The number of carbonyl (C=O) groups is 1. The molecule has 114 valence electrons. The molecule has 0 saturated carbocycles. The number of halogens is 1. The Morgan fingerprint density at radius 1 is 1.48 bits per heavy atom. The Hall–Kier alpha value is -1.34. The predicted molar refractivity (Wildman–Crippen MR) is 89.2 cm³/mol. The first-order valence-corrected chi connectivity index (χ1v) is 8.34. The average molecular weight is 371 g/mol. The molecule has 0 atom stereocenters. The molecule has 0 spiro atoms. The lowest BCUT2D eigenvalue weighted by Gasteiger charge is -2.20. The van der Waals surface area contributed by atoms with Gasteiger partial charge in [-0.3, -0.25) is 9.48 Å². The Balaban J connectivity index is 2.07. The van der Waals surface area contributed by atoms with Crippen molar-refractivity contribution in [3.8, 4) is 0 Å². The summed E-state index contributed by atoms with van der Waals surface area (Å²) in [6.45, 7) is 7.24. The van der Waals surface area contributed by atoms with Crippen LogP contribution in [0.2, 0.25) is 0 Å². The molecule has 0 aromatic carbocycles. The number of nitrogens with two attached hydrogens (primary N) is 1. The third-order valence-corrected chi connectivity index (χ3v) is 5.04. The van der Waals surface area contributed by atoms with Crippen LogP contribution in [-0.2, 0) is 17.9 Å². The third-order valence-electron chi connectivity index (χ3n) is 3.43. The quantitative estimate of drug-likeness (QED) is 0.879. The second-order valence-electron chi connectivity index (χ2n) is 4.86. The summed E-state index contributed by atoms with van der Waals surface area (Å²) in [6.07, 6.45) is 0. The summed E-state index contributed by atoms with van der Waals surface area (Å²) < 4.78 is 2.76. The number of rotatable bonds is 5. The van der Waals surface area contributed by atoms with E-state index in [0.29, 0.717) is 18.8 Å². The van der Waals surface area contributed by atoms with Crippen LogP contribution in [0.1, 0.15) is 23.2 Å². The van der Waals surface area contributed by atoms with E-state index in [1.165, 1.54) is 0 Å². The van der Waals surface area contributed by atoms with Crippen LogP contribution in [0.25, 0.3) is 0 Å². The normalized spacial score (nSPS) is 10.9. The maximum absolute atomic E-state index is 12.4. The molecule has 2 N–H and O–H groups in total. The topological polar surface area (TPSA) is 64.2 Å². The summed E-state index contributed by atoms with van der Waals surface area (Å²) in [4.78, 5) is 15.4. The van der Waals surface area contributed by atoms with E-state index in [1.807, 2.05) is 37.8 Å². The van der Waals surface area contributed by atoms with Gasteiger partial charge in [0.05, 0.1) is 27.4 Å². The van der Waals surface area contributed by atoms with Gasteiger partial charge in [0.15, 0.2) is 0 Å². The molecule has 2 aromatic rings. The highest BCUT2D eigenvalue weighted by Gasteiger charge is 2.17. The van der Waals surface area contributed by atoms with Gasteiger partial charge in [-0.2, -0.15) is 5.10 Å². The highest BCUT2D eigenvalue weighted by Crippen LogP contribution is 2.23. The Kier molecular flexibility index (Phi) is 5.05. The van der Waals surface area contributed by atoms with Gasteiger partial charge < -0.3 is 10.6 Å². The Labute approximate surface area is 136 Å². The number of thiophene rings is 1. The summed E-state index contributed by atoms with van der Waals surface area (Å²) in [6, 6.07) is 4.03. The molecule has 2 aromatic heterocycles. The molecular formula is C14H19BrN4OS. The fourth-order valence-corrected chi connectivity index (χ4v) is 3.59. The fraction of sp³-hybridized carbons (Fsp3) is 0.429. The maximum Gasteiger partial charge on any atom is 0.244 e. The standard InChI is InChI=1S/C14H19BrN4OS/c1-4-18(7-11-5-6-12(15)21-11)13(20)8-19-10(3)14(16)9(2)17-19/h5-6H,4,7-8,16H2,1-3H3. The first kappa shape index (κ1) is 16.0. The van der Waals surface area contributed by atoms with Gasteiger partial charge >= 0.3 is 0 Å². The van der Waals surface area contributed by atoms with Gasteiger partial charge in [-0.15, -0.1) is 11.3 Å². The van der Waals surface area contributed by atoms with E-state index in [9.17, 15) is 4.79 Å². The molecule has 0 radical (unpaired) electrons. The Morgan fingerprint density at radius 2 is 2.19 bits per heavy atom. The highest BCUT2D eigenvalue weighted by atomic mass is 79.9. The predicted octanol–water partition coefficient (Wildman–Crippen LogP) is 2.95. The van der Waals surface area contributed by atoms with Gasteiger partial charge in [0, 0.05) is 11.4 Å². The first-order chi connectivity index (χ1) is 9.92. The average Bonchev–Trinajstić information content (AvgIpc) is 2.96. The van der Waals surface area contributed by atoms with Crippen LogP contribution in [0.4, 0.5) is 5.69 Å². The molecule has 0 aliphatic heterocycles. The van der Waals surface area contributed by atoms with E-state index < -0.39 is 0 Å².